The van der Waals surface area contributed by atoms with Crippen molar-refractivity contribution in [2.75, 3.05) is 6.54 Å². The van der Waals surface area contributed by atoms with Gasteiger partial charge in [0.2, 0.25) is 0 Å². The largest absolute Gasteiger partial charge is 0.330 e. The second-order valence-corrected chi connectivity index (χ2v) is 2.02. The molecule has 0 saturated heterocycles. The van der Waals surface area contributed by atoms with E-state index >= 15 is 0 Å². The summed E-state index contributed by atoms with van der Waals surface area (Å²) in [6.45, 7) is 0.740. The van der Waals surface area contributed by atoms with Gasteiger partial charge in [-0.2, -0.15) is 13.5 Å². The first kappa shape index (κ1) is 9.53. The summed E-state index contributed by atoms with van der Waals surface area (Å²) in [5.74, 6) is 0. The molecule has 1 aromatic rings. The maximum absolute atomic E-state index is 5.36. The molecule has 0 atom stereocenters. The van der Waals surface area contributed by atoms with E-state index in [2.05, 4.69) is 12.1 Å². The lowest BCUT2D eigenvalue weighted by atomic mass is 10.2. The van der Waals surface area contributed by atoms with Crippen LogP contribution in [0.1, 0.15) is 5.56 Å². The highest BCUT2D eigenvalue weighted by Gasteiger charge is 1.84. The van der Waals surface area contributed by atoms with Gasteiger partial charge < -0.3 is 5.73 Å². The van der Waals surface area contributed by atoms with Gasteiger partial charge in [-0.05, 0) is 18.5 Å². The van der Waals surface area contributed by atoms with Crippen LogP contribution in [0.5, 0.6) is 0 Å². The van der Waals surface area contributed by atoms with Crippen LogP contribution in [0.4, 0.5) is 0 Å². The second-order valence-electron chi connectivity index (χ2n) is 2.02. The van der Waals surface area contributed by atoms with Crippen LogP contribution in [0.3, 0.4) is 0 Å². The van der Waals surface area contributed by atoms with Crippen LogP contribution in [0.15, 0.2) is 30.3 Å². The van der Waals surface area contributed by atoms with Crippen molar-refractivity contribution in [3.05, 3.63) is 35.9 Å². The predicted octanol–water partition coefficient (Wildman–Crippen LogP) is 1.30. The normalized spacial score (nSPS) is 8.50. The van der Waals surface area contributed by atoms with E-state index in [0.29, 0.717) is 0 Å². The highest BCUT2D eigenvalue weighted by Crippen LogP contribution is 1.96. The molecule has 0 saturated carbocycles. The minimum absolute atomic E-state index is 0. The Kier molecular flexibility index (Phi) is 5.08. The van der Waals surface area contributed by atoms with Crippen LogP contribution in [-0.4, -0.2) is 6.54 Å². The Morgan fingerprint density at radius 3 is 2.20 bits per heavy atom. The molecule has 0 aliphatic rings. The molecule has 0 aliphatic carbocycles. The lowest BCUT2D eigenvalue weighted by molar-refractivity contribution is 0.969. The summed E-state index contributed by atoms with van der Waals surface area (Å²) in [7, 11) is 0. The number of rotatable bonds is 2. The molecule has 0 heterocycles. The van der Waals surface area contributed by atoms with Crippen molar-refractivity contribution in [1.29, 1.82) is 0 Å². The first-order valence-corrected chi connectivity index (χ1v) is 3.17. The zero-order valence-electron chi connectivity index (χ0n) is 5.88. The third-order valence-electron chi connectivity index (χ3n) is 1.28. The molecule has 0 fully saturated rings. The van der Waals surface area contributed by atoms with E-state index in [1.54, 1.807) is 0 Å². The van der Waals surface area contributed by atoms with Gasteiger partial charge >= 0.3 is 0 Å². The topological polar surface area (TPSA) is 26.0 Å². The van der Waals surface area contributed by atoms with E-state index in [-0.39, 0.29) is 13.5 Å². The van der Waals surface area contributed by atoms with Gasteiger partial charge in [0.15, 0.2) is 0 Å². The maximum Gasteiger partial charge on any atom is -0.00367 e. The Bertz CT molecular complexity index is 162. The first-order chi connectivity index (χ1) is 4.43. The molecular formula is C8H13NS. The van der Waals surface area contributed by atoms with Gasteiger partial charge in [-0.15, -0.1) is 0 Å². The molecule has 1 nitrogen and oxygen atoms in total. The van der Waals surface area contributed by atoms with Gasteiger partial charge in [-0.1, -0.05) is 30.3 Å². The number of hydrogen-bond acceptors (Lipinski definition) is 1. The van der Waals surface area contributed by atoms with Crippen molar-refractivity contribution in [3.63, 3.8) is 0 Å². The summed E-state index contributed by atoms with van der Waals surface area (Å²) in [5, 5.41) is 0. The monoisotopic (exact) mass is 155 g/mol. The molecule has 0 amide bonds. The van der Waals surface area contributed by atoms with Crippen LogP contribution < -0.4 is 5.73 Å². The third kappa shape index (κ3) is 2.90. The summed E-state index contributed by atoms with van der Waals surface area (Å²) in [6, 6.07) is 10.3. The molecule has 0 bridgehead atoms. The Labute approximate surface area is 68.7 Å². The molecule has 0 radical (unpaired) electrons. The molecule has 2 N–H and O–H groups in total. The standard InChI is InChI=1S/C8H11N.H2S/c9-7-6-8-4-2-1-3-5-8;/h1-5H,6-7,9H2;1H2. The molecule has 10 heavy (non-hydrogen) atoms. The van der Waals surface area contributed by atoms with Crippen molar-refractivity contribution in [1.82, 2.24) is 0 Å². The van der Waals surface area contributed by atoms with Crippen LogP contribution in [-0.2, 0) is 6.42 Å². The van der Waals surface area contributed by atoms with Gasteiger partial charge in [0.1, 0.15) is 0 Å². The van der Waals surface area contributed by atoms with Gasteiger partial charge in [0, 0.05) is 0 Å². The van der Waals surface area contributed by atoms with E-state index in [9.17, 15) is 0 Å². The van der Waals surface area contributed by atoms with Crippen molar-refractivity contribution in [3.8, 4) is 0 Å². The molecule has 0 unspecified atom stereocenters. The van der Waals surface area contributed by atoms with Gasteiger partial charge in [0.05, 0.1) is 0 Å². The molecule has 0 aliphatic heterocycles. The summed E-state index contributed by atoms with van der Waals surface area (Å²) in [5.41, 5.74) is 6.68. The molecule has 56 valence electrons. The summed E-state index contributed by atoms with van der Waals surface area (Å²) < 4.78 is 0. The van der Waals surface area contributed by atoms with Gasteiger partial charge in [0.25, 0.3) is 0 Å². The number of nitrogens with two attached hydrogens (primary N) is 1. The van der Waals surface area contributed by atoms with E-state index in [1.807, 2.05) is 18.2 Å². The van der Waals surface area contributed by atoms with Crippen molar-refractivity contribution in [2.24, 2.45) is 5.73 Å². The van der Waals surface area contributed by atoms with Gasteiger partial charge in [-0.25, -0.2) is 0 Å². The van der Waals surface area contributed by atoms with Crippen LogP contribution in [0.2, 0.25) is 0 Å². The summed E-state index contributed by atoms with van der Waals surface area (Å²) >= 11 is 0. The summed E-state index contributed by atoms with van der Waals surface area (Å²) in [4.78, 5) is 0. The molecule has 1 rings (SSSR count). The highest BCUT2D eigenvalue weighted by molar-refractivity contribution is 7.59. The lowest BCUT2D eigenvalue weighted by Gasteiger charge is -1.93. The van der Waals surface area contributed by atoms with Crippen molar-refractivity contribution >= 4 is 13.5 Å². The average Bonchev–Trinajstić information content (AvgIpc) is 1.91. The fraction of sp³-hybridized carbons (Fsp3) is 0.250. The zero-order chi connectivity index (χ0) is 6.53. The van der Waals surface area contributed by atoms with Gasteiger partial charge in [-0.3, -0.25) is 0 Å². The SMILES string of the molecule is NCCc1ccccc1.S. The van der Waals surface area contributed by atoms with E-state index < -0.39 is 0 Å². The second kappa shape index (κ2) is 5.33. The maximum atomic E-state index is 5.36. The predicted molar refractivity (Wildman–Crippen MR) is 49.6 cm³/mol. The smallest absolute Gasteiger partial charge is 0.00367 e. The quantitative estimate of drug-likeness (QED) is 0.684. The molecule has 1 aromatic carbocycles. The van der Waals surface area contributed by atoms with E-state index in [1.165, 1.54) is 5.56 Å². The van der Waals surface area contributed by atoms with E-state index in [0.717, 1.165) is 13.0 Å². The third-order valence-corrected chi connectivity index (χ3v) is 1.28. The van der Waals surface area contributed by atoms with Crippen LogP contribution in [0, 0.1) is 0 Å². The Morgan fingerprint density at radius 1 is 1.10 bits per heavy atom. The van der Waals surface area contributed by atoms with Crippen LogP contribution in [0.25, 0.3) is 0 Å². The van der Waals surface area contributed by atoms with Crippen molar-refractivity contribution < 1.29 is 0 Å². The molecule has 2 heteroatoms. The Morgan fingerprint density at radius 2 is 1.70 bits per heavy atom. The lowest BCUT2D eigenvalue weighted by Crippen LogP contribution is -2.01. The minimum Gasteiger partial charge on any atom is -0.330 e. The van der Waals surface area contributed by atoms with Crippen molar-refractivity contribution in [2.45, 2.75) is 6.42 Å². The molecular weight excluding hydrogens is 142 g/mol. The highest BCUT2D eigenvalue weighted by atomic mass is 32.1. The Balaban J connectivity index is 0.000000810. The zero-order valence-corrected chi connectivity index (χ0v) is 6.88. The first-order valence-electron chi connectivity index (χ1n) is 3.17. The molecule has 0 aromatic heterocycles. The number of hydrogen-bond donors (Lipinski definition) is 1. The average molecular weight is 155 g/mol. The minimum atomic E-state index is 0. The van der Waals surface area contributed by atoms with E-state index in [4.69, 9.17) is 5.73 Å². The fourth-order valence-electron chi connectivity index (χ4n) is 0.811. The van der Waals surface area contributed by atoms with Crippen LogP contribution >= 0.6 is 13.5 Å². The Hall–Kier alpha value is -0.470. The summed E-state index contributed by atoms with van der Waals surface area (Å²) in [6.07, 6.45) is 0.987. The number of benzene rings is 1. The molecule has 0 spiro atoms. The fourth-order valence-corrected chi connectivity index (χ4v) is 0.811.